The molecule has 0 aliphatic heterocycles. The molecule has 0 unspecified atom stereocenters. The largest absolute Gasteiger partial charge is 1.00 e. The third-order valence-corrected chi connectivity index (χ3v) is 0. The van der Waals surface area contributed by atoms with E-state index in [0.29, 0.717) is 0 Å². The summed E-state index contributed by atoms with van der Waals surface area (Å²) in [6, 6.07) is 0. The first-order chi connectivity index (χ1) is 2.00. The minimum atomic E-state index is -3.83. The monoisotopic (exact) mass is 371 g/mol. The molecule has 5 nitrogen and oxygen atoms in total. The SMILES string of the molecule is O.O.O=S(O)(O)=S.[Au].[H-].[Na+]. The van der Waals surface area contributed by atoms with Crippen molar-refractivity contribution in [2.75, 3.05) is 0 Å². The van der Waals surface area contributed by atoms with Crippen LogP contribution in [-0.2, 0) is 42.6 Å². The third-order valence-electron chi connectivity index (χ3n) is 0. The van der Waals surface area contributed by atoms with Crippen molar-refractivity contribution >= 4 is 20.2 Å². The van der Waals surface area contributed by atoms with Gasteiger partial charge >= 0.3 is 29.6 Å². The Morgan fingerprint density at radius 3 is 1.33 bits per heavy atom. The maximum Gasteiger partial charge on any atom is 1.00 e. The average Bonchev–Trinajstić information content (AvgIpc) is 0.722. The Hall–Kier alpha value is 1.95. The molecule has 0 aromatic rings. The predicted octanol–water partition coefficient (Wildman–Crippen LogP) is -4.86. The topological polar surface area (TPSA) is 121 Å². The molecule has 0 saturated heterocycles. The van der Waals surface area contributed by atoms with Crippen LogP contribution in [-0.4, -0.2) is 24.3 Å². The quantitative estimate of drug-likeness (QED) is 0.415. The first-order valence-electron chi connectivity index (χ1n) is 0.698. The maximum atomic E-state index is 9.11. The van der Waals surface area contributed by atoms with Gasteiger partial charge in [0.2, 0.25) is 0 Å². The van der Waals surface area contributed by atoms with Crippen LogP contribution in [0, 0.1) is 0 Å². The summed E-state index contributed by atoms with van der Waals surface area (Å²) in [7, 11) is -3.83. The van der Waals surface area contributed by atoms with E-state index in [9.17, 15) is 0 Å². The molecule has 0 aromatic carbocycles. The molecule has 0 atom stereocenters. The molecule has 0 aromatic heterocycles. The summed E-state index contributed by atoms with van der Waals surface area (Å²) in [5.41, 5.74) is 0. The molecule has 0 aliphatic rings. The van der Waals surface area contributed by atoms with Crippen molar-refractivity contribution in [3.8, 4) is 0 Å². The summed E-state index contributed by atoms with van der Waals surface area (Å²) >= 11 is 3.47. The van der Waals surface area contributed by atoms with Crippen LogP contribution in [0.25, 0.3) is 0 Å². The van der Waals surface area contributed by atoms with Gasteiger partial charge in [0, 0.05) is 33.6 Å². The Kier molecular flexibility index (Phi) is 42.9. The molecule has 0 rings (SSSR count). The Balaban J connectivity index is -0.00000000800. The summed E-state index contributed by atoms with van der Waals surface area (Å²) in [5, 5.41) is 0. The second kappa shape index (κ2) is 12.6. The Morgan fingerprint density at radius 1 is 1.33 bits per heavy atom. The number of hydrogen-bond acceptors (Lipinski definition) is 2. The Morgan fingerprint density at radius 2 is 1.33 bits per heavy atom. The molecule has 0 fully saturated rings. The van der Waals surface area contributed by atoms with Crippen LogP contribution >= 0.6 is 0 Å². The summed E-state index contributed by atoms with van der Waals surface area (Å²) in [4.78, 5) is 0. The second-order valence-corrected chi connectivity index (χ2v) is 2.65. The van der Waals surface area contributed by atoms with Gasteiger partial charge in [-0.2, -0.15) is 4.21 Å². The van der Waals surface area contributed by atoms with E-state index in [2.05, 4.69) is 11.2 Å². The van der Waals surface area contributed by atoms with E-state index < -0.39 is 9.05 Å². The fraction of sp³-hybridized carbons (Fsp3) is 0. The molecule has 1 radical (unpaired) electrons. The zero-order valence-electron chi connectivity index (χ0n) is 5.42. The number of hydrogen-bond donors (Lipinski definition) is 2. The van der Waals surface area contributed by atoms with Gasteiger partial charge in [0.05, 0.1) is 0 Å². The normalized spacial score (nSPS) is 6.44. The molecule has 0 amide bonds. The molecule has 0 bridgehead atoms. The van der Waals surface area contributed by atoms with E-state index >= 15 is 0 Å². The van der Waals surface area contributed by atoms with Crippen molar-refractivity contribution in [2.24, 2.45) is 0 Å². The van der Waals surface area contributed by atoms with Crippen molar-refractivity contribution in [3.05, 3.63) is 0 Å². The molecule has 0 aliphatic carbocycles. The minimum absolute atomic E-state index is 0. The van der Waals surface area contributed by atoms with E-state index in [4.69, 9.17) is 13.3 Å². The predicted molar refractivity (Wildman–Crippen MR) is 29.1 cm³/mol. The van der Waals surface area contributed by atoms with Crippen molar-refractivity contribution in [3.63, 3.8) is 0 Å². The van der Waals surface area contributed by atoms with E-state index in [1.807, 2.05) is 0 Å². The fourth-order valence-corrected chi connectivity index (χ4v) is 0. The molecular formula is H7AuNaO5S2. The van der Waals surface area contributed by atoms with Gasteiger partial charge in [-0.1, -0.05) is 0 Å². The maximum absolute atomic E-state index is 9.11. The van der Waals surface area contributed by atoms with Crippen LogP contribution in [0.3, 0.4) is 0 Å². The van der Waals surface area contributed by atoms with Crippen molar-refractivity contribution in [1.29, 1.82) is 0 Å². The standard InChI is InChI=1S/Au.Na.H2O3S2.2H2O.H/c;;1-5(2,3)4;;;/h;;(H2,1,2,3,4);2*1H2;/q;+1;;;;-1. The van der Waals surface area contributed by atoms with Gasteiger partial charge in [-0.05, 0) is 0 Å². The molecule has 61 valence electrons. The first-order valence-corrected chi connectivity index (χ1v) is 3.10. The second-order valence-electron chi connectivity index (χ2n) is 0.448. The summed E-state index contributed by atoms with van der Waals surface area (Å²) in [5.74, 6) is 0. The van der Waals surface area contributed by atoms with Crippen LogP contribution in [0.2, 0.25) is 0 Å². The van der Waals surface area contributed by atoms with E-state index in [-0.39, 0.29) is 64.3 Å². The van der Waals surface area contributed by atoms with E-state index in [1.165, 1.54) is 0 Å². The van der Waals surface area contributed by atoms with Gasteiger partial charge in [0.1, 0.15) is 0 Å². The summed E-state index contributed by atoms with van der Waals surface area (Å²) in [6.45, 7) is 0. The fourth-order valence-electron chi connectivity index (χ4n) is 0. The van der Waals surface area contributed by atoms with Crippen molar-refractivity contribution in [1.82, 2.24) is 0 Å². The van der Waals surface area contributed by atoms with Gasteiger partial charge in [0.15, 0.2) is 0 Å². The van der Waals surface area contributed by atoms with Crippen molar-refractivity contribution < 1.29 is 77.6 Å². The van der Waals surface area contributed by atoms with Crippen LogP contribution < -0.4 is 29.6 Å². The minimum Gasteiger partial charge on any atom is -1.00 e. The zero-order valence-corrected chi connectivity index (χ0v) is 10.2. The molecular weight excluding hydrogens is 364 g/mol. The molecule has 0 saturated carbocycles. The van der Waals surface area contributed by atoms with Crippen molar-refractivity contribution in [2.45, 2.75) is 0 Å². The molecule has 0 heterocycles. The Bertz CT molecular complexity index is 103. The third kappa shape index (κ3) is 165. The summed E-state index contributed by atoms with van der Waals surface area (Å²) in [6.07, 6.45) is 0. The number of rotatable bonds is 0. The van der Waals surface area contributed by atoms with Gasteiger partial charge < -0.3 is 12.4 Å². The molecule has 6 N–H and O–H groups in total. The van der Waals surface area contributed by atoms with E-state index in [1.54, 1.807) is 0 Å². The smallest absolute Gasteiger partial charge is 1.00 e. The van der Waals surface area contributed by atoms with Gasteiger partial charge in [-0.3, -0.25) is 9.11 Å². The van der Waals surface area contributed by atoms with Crippen LogP contribution in [0.1, 0.15) is 1.43 Å². The van der Waals surface area contributed by atoms with Crippen LogP contribution in [0.4, 0.5) is 0 Å². The summed E-state index contributed by atoms with van der Waals surface area (Å²) < 4.78 is 24.0. The van der Waals surface area contributed by atoms with Gasteiger partial charge in [-0.15, -0.1) is 0 Å². The van der Waals surface area contributed by atoms with E-state index in [0.717, 1.165) is 0 Å². The van der Waals surface area contributed by atoms with Gasteiger partial charge in [0.25, 0.3) is 9.05 Å². The van der Waals surface area contributed by atoms with Gasteiger partial charge in [-0.25, -0.2) is 0 Å². The Labute approximate surface area is 96.8 Å². The molecule has 0 spiro atoms. The molecule has 9 heavy (non-hydrogen) atoms. The first kappa shape index (κ1) is 30.6. The van der Waals surface area contributed by atoms with Crippen LogP contribution in [0.15, 0.2) is 0 Å². The average molecular weight is 371 g/mol. The van der Waals surface area contributed by atoms with Crippen LogP contribution in [0.5, 0.6) is 0 Å². The molecule has 9 heteroatoms. The zero-order chi connectivity index (χ0) is 4.50.